The van der Waals surface area contributed by atoms with Crippen molar-refractivity contribution in [1.29, 1.82) is 0 Å². The highest BCUT2D eigenvalue weighted by atomic mass is 16.5. The van der Waals surface area contributed by atoms with Crippen LogP contribution >= 0.6 is 0 Å². The summed E-state index contributed by atoms with van der Waals surface area (Å²) >= 11 is 0. The first-order chi connectivity index (χ1) is 12.1. The molecule has 0 unspecified atom stereocenters. The normalized spacial score (nSPS) is 10.5. The summed E-state index contributed by atoms with van der Waals surface area (Å²) < 4.78 is 4.64. The first kappa shape index (κ1) is 18.3. The number of carbonyl (C=O) groups excluding carboxylic acids is 2. The van der Waals surface area contributed by atoms with Crippen LogP contribution in [0.3, 0.4) is 0 Å². The Bertz CT molecular complexity index is 724. The maximum absolute atomic E-state index is 11.9. The summed E-state index contributed by atoms with van der Waals surface area (Å²) in [6.07, 6.45) is 3.19. The van der Waals surface area contributed by atoms with Gasteiger partial charge in [-0.3, -0.25) is 4.79 Å². The zero-order valence-corrected chi connectivity index (χ0v) is 14.4. The molecule has 0 aliphatic heterocycles. The monoisotopic (exact) mass is 338 g/mol. The zero-order chi connectivity index (χ0) is 18.1. The summed E-state index contributed by atoms with van der Waals surface area (Å²) in [5.74, 6) is -0.533. The standard InChI is InChI=1S/C20H22N2O3/c1-22(18-6-4-3-5-7-18)15-14-21-19(23)13-10-16-8-11-17(12-9-16)20(24)25-2/h3-13H,14-15H2,1-2H3,(H,21,23)/b13-10+. The van der Waals surface area contributed by atoms with Crippen LogP contribution < -0.4 is 10.2 Å². The Morgan fingerprint density at radius 3 is 2.40 bits per heavy atom. The van der Waals surface area contributed by atoms with Gasteiger partial charge in [0.1, 0.15) is 0 Å². The molecule has 0 atom stereocenters. The second-order valence-corrected chi connectivity index (χ2v) is 5.50. The highest BCUT2D eigenvalue weighted by Crippen LogP contribution is 2.10. The maximum Gasteiger partial charge on any atom is 0.337 e. The molecule has 130 valence electrons. The molecule has 0 saturated carbocycles. The van der Waals surface area contributed by atoms with Gasteiger partial charge in [-0.2, -0.15) is 0 Å². The number of likely N-dealkylation sites (N-methyl/N-ethyl adjacent to an activating group) is 1. The van der Waals surface area contributed by atoms with Crippen molar-refractivity contribution in [3.63, 3.8) is 0 Å². The average molecular weight is 338 g/mol. The van der Waals surface area contributed by atoms with Gasteiger partial charge < -0.3 is 15.0 Å². The van der Waals surface area contributed by atoms with Crippen molar-refractivity contribution in [2.45, 2.75) is 0 Å². The van der Waals surface area contributed by atoms with Gasteiger partial charge >= 0.3 is 5.97 Å². The quantitative estimate of drug-likeness (QED) is 0.623. The highest BCUT2D eigenvalue weighted by molar-refractivity contribution is 5.92. The van der Waals surface area contributed by atoms with Crippen LogP contribution in [0.1, 0.15) is 15.9 Å². The van der Waals surface area contributed by atoms with Crippen LogP contribution in [0, 0.1) is 0 Å². The molecule has 0 bridgehead atoms. The van der Waals surface area contributed by atoms with E-state index in [-0.39, 0.29) is 11.9 Å². The third-order valence-corrected chi connectivity index (χ3v) is 3.70. The summed E-state index contributed by atoms with van der Waals surface area (Å²) in [6, 6.07) is 16.9. The fourth-order valence-electron chi connectivity index (χ4n) is 2.24. The fourth-order valence-corrected chi connectivity index (χ4v) is 2.24. The van der Waals surface area contributed by atoms with Gasteiger partial charge in [0.15, 0.2) is 0 Å². The van der Waals surface area contributed by atoms with E-state index >= 15 is 0 Å². The van der Waals surface area contributed by atoms with Gasteiger partial charge in [-0.15, -0.1) is 0 Å². The van der Waals surface area contributed by atoms with Crippen molar-refractivity contribution >= 4 is 23.6 Å². The molecule has 0 fully saturated rings. The maximum atomic E-state index is 11.9. The number of carbonyl (C=O) groups is 2. The number of nitrogens with zero attached hydrogens (tertiary/aromatic N) is 1. The number of benzene rings is 2. The third-order valence-electron chi connectivity index (χ3n) is 3.70. The van der Waals surface area contributed by atoms with Crippen molar-refractivity contribution in [2.24, 2.45) is 0 Å². The second kappa shape index (κ2) is 9.27. The van der Waals surface area contributed by atoms with Gasteiger partial charge in [0, 0.05) is 31.9 Å². The molecule has 0 saturated heterocycles. The molecular weight excluding hydrogens is 316 g/mol. The Morgan fingerprint density at radius 2 is 1.76 bits per heavy atom. The minimum absolute atomic E-state index is 0.154. The summed E-state index contributed by atoms with van der Waals surface area (Å²) in [4.78, 5) is 25.3. The molecule has 0 aliphatic rings. The van der Waals surface area contributed by atoms with Crippen LogP contribution in [-0.4, -0.2) is 39.1 Å². The molecule has 5 nitrogen and oxygen atoms in total. The smallest absolute Gasteiger partial charge is 0.337 e. The molecule has 0 heterocycles. The Hall–Kier alpha value is -3.08. The number of para-hydroxylation sites is 1. The van der Waals surface area contributed by atoms with E-state index in [0.29, 0.717) is 12.1 Å². The SMILES string of the molecule is COC(=O)c1ccc(/C=C/C(=O)NCCN(C)c2ccccc2)cc1. The summed E-state index contributed by atoms with van der Waals surface area (Å²) in [7, 11) is 3.33. The lowest BCUT2D eigenvalue weighted by molar-refractivity contribution is -0.116. The largest absolute Gasteiger partial charge is 0.465 e. The number of ether oxygens (including phenoxy) is 1. The van der Waals surface area contributed by atoms with Crippen LogP contribution in [0.15, 0.2) is 60.7 Å². The van der Waals surface area contributed by atoms with Gasteiger partial charge in [0.2, 0.25) is 5.91 Å². The van der Waals surface area contributed by atoms with Crippen LogP contribution in [0.4, 0.5) is 5.69 Å². The minimum Gasteiger partial charge on any atom is -0.465 e. The highest BCUT2D eigenvalue weighted by Gasteiger charge is 2.04. The molecule has 2 rings (SSSR count). The van der Waals surface area contributed by atoms with Crippen molar-refractivity contribution in [1.82, 2.24) is 5.32 Å². The summed E-state index contributed by atoms with van der Waals surface area (Å²) in [6.45, 7) is 1.27. The van der Waals surface area contributed by atoms with E-state index in [0.717, 1.165) is 17.8 Å². The van der Waals surface area contributed by atoms with Crippen molar-refractivity contribution in [3.05, 3.63) is 71.8 Å². The van der Waals surface area contributed by atoms with E-state index in [1.165, 1.54) is 13.2 Å². The fraction of sp³-hybridized carbons (Fsp3) is 0.200. The number of rotatable bonds is 7. The van der Waals surface area contributed by atoms with Gasteiger partial charge in [-0.1, -0.05) is 30.3 Å². The molecule has 2 aromatic carbocycles. The number of hydrogen-bond donors (Lipinski definition) is 1. The van der Waals surface area contributed by atoms with E-state index in [2.05, 4.69) is 15.0 Å². The first-order valence-corrected chi connectivity index (χ1v) is 8.00. The average Bonchev–Trinajstić information content (AvgIpc) is 2.66. The van der Waals surface area contributed by atoms with Gasteiger partial charge in [-0.05, 0) is 35.9 Å². The Morgan fingerprint density at radius 1 is 1.08 bits per heavy atom. The molecule has 5 heteroatoms. The summed E-state index contributed by atoms with van der Waals surface area (Å²) in [5.41, 5.74) is 2.43. The lowest BCUT2D eigenvalue weighted by atomic mass is 10.1. The van der Waals surface area contributed by atoms with E-state index in [4.69, 9.17) is 0 Å². The molecular formula is C20H22N2O3. The number of esters is 1. The van der Waals surface area contributed by atoms with Crippen LogP contribution in [0.2, 0.25) is 0 Å². The Labute approximate surface area is 147 Å². The summed E-state index contributed by atoms with van der Waals surface area (Å²) in [5, 5.41) is 2.85. The molecule has 0 aromatic heterocycles. The minimum atomic E-state index is -0.379. The van der Waals surface area contributed by atoms with E-state index in [1.807, 2.05) is 37.4 Å². The zero-order valence-electron chi connectivity index (χ0n) is 14.4. The van der Waals surface area contributed by atoms with Crippen LogP contribution in [-0.2, 0) is 9.53 Å². The molecule has 0 spiro atoms. The van der Waals surface area contributed by atoms with Crippen molar-refractivity contribution in [2.75, 3.05) is 32.1 Å². The molecule has 0 aliphatic carbocycles. The number of methoxy groups -OCH3 is 1. The third kappa shape index (κ3) is 5.80. The second-order valence-electron chi connectivity index (χ2n) is 5.50. The van der Waals surface area contributed by atoms with Crippen LogP contribution in [0.5, 0.6) is 0 Å². The number of amides is 1. The Balaban J connectivity index is 1.78. The lowest BCUT2D eigenvalue weighted by Gasteiger charge is -2.19. The van der Waals surface area contributed by atoms with E-state index < -0.39 is 0 Å². The number of nitrogens with one attached hydrogen (secondary N) is 1. The van der Waals surface area contributed by atoms with Crippen molar-refractivity contribution < 1.29 is 14.3 Å². The van der Waals surface area contributed by atoms with E-state index in [1.54, 1.807) is 30.3 Å². The van der Waals surface area contributed by atoms with Crippen molar-refractivity contribution in [3.8, 4) is 0 Å². The number of hydrogen-bond acceptors (Lipinski definition) is 4. The predicted molar refractivity (Wildman–Crippen MR) is 99.5 cm³/mol. The van der Waals surface area contributed by atoms with E-state index in [9.17, 15) is 9.59 Å². The first-order valence-electron chi connectivity index (χ1n) is 8.00. The molecule has 1 amide bonds. The molecule has 1 N–H and O–H groups in total. The lowest BCUT2D eigenvalue weighted by Crippen LogP contribution is -2.31. The predicted octanol–water partition coefficient (Wildman–Crippen LogP) is 2.74. The van der Waals surface area contributed by atoms with Gasteiger partial charge in [0.05, 0.1) is 12.7 Å². The topological polar surface area (TPSA) is 58.6 Å². The Kier molecular flexibility index (Phi) is 6.77. The van der Waals surface area contributed by atoms with Gasteiger partial charge in [-0.25, -0.2) is 4.79 Å². The number of anilines is 1. The van der Waals surface area contributed by atoms with Gasteiger partial charge in [0.25, 0.3) is 0 Å². The molecule has 0 radical (unpaired) electrons. The van der Waals surface area contributed by atoms with Crippen LogP contribution in [0.25, 0.3) is 6.08 Å². The molecule has 25 heavy (non-hydrogen) atoms. The molecule has 2 aromatic rings.